The van der Waals surface area contributed by atoms with Crippen LogP contribution in [-0.2, 0) is 10.0 Å². The van der Waals surface area contributed by atoms with Crippen LogP contribution in [0.5, 0.6) is 0 Å². The number of carbonyl (C=O) groups excluding carboxylic acids is 1. The number of amides is 1. The third kappa shape index (κ3) is 5.25. The van der Waals surface area contributed by atoms with Crippen molar-refractivity contribution in [2.24, 2.45) is 0 Å². The molecule has 0 aromatic heterocycles. The van der Waals surface area contributed by atoms with E-state index in [0.717, 1.165) is 30.0 Å². The summed E-state index contributed by atoms with van der Waals surface area (Å²) >= 11 is 9.16. The van der Waals surface area contributed by atoms with Gasteiger partial charge in [-0.25, -0.2) is 17.2 Å². The largest absolute Gasteiger partial charge is 0.369 e. The van der Waals surface area contributed by atoms with E-state index in [4.69, 9.17) is 11.6 Å². The van der Waals surface area contributed by atoms with Crippen molar-refractivity contribution < 1.29 is 22.0 Å². The Bertz CT molecular complexity index is 1350. The second-order valence-electron chi connectivity index (χ2n) is 7.59. The molecule has 0 aliphatic carbocycles. The monoisotopic (exact) mass is 569 g/mol. The molecule has 0 radical (unpaired) electrons. The maximum Gasteiger partial charge on any atom is 0.258 e. The van der Waals surface area contributed by atoms with Crippen molar-refractivity contribution in [2.45, 2.75) is 4.90 Å². The van der Waals surface area contributed by atoms with Crippen LogP contribution in [0.4, 0.5) is 20.2 Å². The molecule has 0 saturated carbocycles. The van der Waals surface area contributed by atoms with E-state index in [1.807, 2.05) is 23.1 Å². The Balaban J connectivity index is 1.51. The summed E-state index contributed by atoms with van der Waals surface area (Å²) in [5.74, 6) is -2.59. The molecule has 34 heavy (non-hydrogen) atoms. The molecule has 0 unspecified atom stereocenters. The minimum Gasteiger partial charge on any atom is -0.369 e. The van der Waals surface area contributed by atoms with Gasteiger partial charge in [0.05, 0.1) is 16.1 Å². The summed E-state index contributed by atoms with van der Waals surface area (Å²) in [6.07, 6.45) is 0. The van der Waals surface area contributed by atoms with E-state index in [1.54, 1.807) is 6.07 Å². The number of halogens is 4. The van der Waals surface area contributed by atoms with Gasteiger partial charge in [0.25, 0.3) is 5.91 Å². The summed E-state index contributed by atoms with van der Waals surface area (Å²) in [6.45, 7) is 1.30. The Kier molecular flexibility index (Phi) is 7.22. The maximum atomic E-state index is 14.4. The number of piperazine rings is 1. The summed E-state index contributed by atoms with van der Waals surface area (Å²) in [4.78, 5) is 14.4. The van der Waals surface area contributed by atoms with E-state index >= 15 is 0 Å². The first-order chi connectivity index (χ1) is 16.1. The van der Waals surface area contributed by atoms with Gasteiger partial charge in [-0.15, -0.1) is 0 Å². The molecule has 1 amide bonds. The smallest absolute Gasteiger partial charge is 0.258 e. The minimum absolute atomic E-state index is 0.155. The van der Waals surface area contributed by atoms with Crippen LogP contribution in [0.15, 0.2) is 70.0 Å². The summed E-state index contributed by atoms with van der Waals surface area (Å²) in [7, 11) is -3.98. The maximum absolute atomic E-state index is 14.4. The van der Waals surface area contributed by atoms with Gasteiger partial charge in [-0.3, -0.25) is 4.79 Å². The number of hydrogen-bond acceptors (Lipinski definition) is 4. The van der Waals surface area contributed by atoms with E-state index in [0.29, 0.717) is 22.6 Å². The molecule has 1 heterocycles. The van der Waals surface area contributed by atoms with E-state index in [1.165, 1.54) is 16.4 Å². The van der Waals surface area contributed by atoms with Gasteiger partial charge in [-0.1, -0.05) is 33.6 Å². The standard InChI is InChI=1S/C23H19BrClF2N3O3S/c24-15-4-7-22(21(27)12-15)28-23(31)19-14-18(5-6-20(19)26)34(32,33)30-10-8-29(9-11-30)17-3-1-2-16(25)13-17/h1-7,12-14H,8-11H2,(H,28,31). The zero-order valence-electron chi connectivity index (χ0n) is 17.6. The molecular formula is C23H19BrClF2N3O3S. The number of nitrogens with zero attached hydrogens (tertiary/aromatic N) is 2. The zero-order chi connectivity index (χ0) is 24.5. The molecule has 0 spiro atoms. The SMILES string of the molecule is O=C(Nc1ccc(Br)cc1F)c1cc(S(=O)(=O)N2CCN(c3cccc(Cl)c3)CC2)ccc1F. The lowest BCUT2D eigenvalue weighted by Crippen LogP contribution is -2.48. The lowest BCUT2D eigenvalue weighted by molar-refractivity contribution is 0.102. The van der Waals surface area contributed by atoms with Gasteiger partial charge in [0.1, 0.15) is 11.6 Å². The number of anilines is 2. The molecule has 0 bridgehead atoms. The highest BCUT2D eigenvalue weighted by atomic mass is 79.9. The Labute approximate surface area is 209 Å². The summed E-state index contributed by atoms with van der Waals surface area (Å²) in [5.41, 5.74) is 0.240. The molecule has 0 atom stereocenters. The van der Waals surface area contributed by atoms with Gasteiger partial charge in [-0.2, -0.15) is 4.31 Å². The highest BCUT2D eigenvalue weighted by Gasteiger charge is 2.30. The summed E-state index contributed by atoms with van der Waals surface area (Å²) < 4.78 is 56.6. The van der Waals surface area contributed by atoms with Crippen molar-refractivity contribution in [3.8, 4) is 0 Å². The molecule has 11 heteroatoms. The van der Waals surface area contributed by atoms with Crippen LogP contribution < -0.4 is 10.2 Å². The van der Waals surface area contributed by atoms with Gasteiger partial charge >= 0.3 is 0 Å². The zero-order valence-corrected chi connectivity index (χ0v) is 20.8. The fourth-order valence-electron chi connectivity index (χ4n) is 3.63. The van der Waals surface area contributed by atoms with Gasteiger partial charge in [0, 0.05) is 41.4 Å². The fraction of sp³-hybridized carbons (Fsp3) is 0.174. The van der Waals surface area contributed by atoms with Crippen LogP contribution >= 0.6 is 27.5 Å². The van der Waals surface area contributed by atoms with Crippen molar-refractivity contribution in [3.05, 3.63) is 87.4 Å². The van der Waals surface area contributed by atoms with Crippen LogP contribution in [0.2, 0.25) is 5.02 Å². The second kappa shape index (κ2) is 9.99. The average molecular weight is 571 g/mol. The van der Waals surface area contributed by atoms with E-state index in [9.17, 15) is 22.0 Å². The van der Waals surface area contributed by atoms with Crippen LogP contribution in [0.25, 0.3) is 0 Å². The number of hydrogen-bond donors (Lipinski definition) is 1. The molecular weight excluding hydrogens is 552 g/mol. The highest BCUT2D eigenvalue weighted by molar-refractivity contribution is 9.10. The van der Waals surface area contributed by atoms with Crippen molar-refractivity contribution in [1.82, 2.24) is 4.31 Å². The van der Waals surface area contributed by atoms with Gasteiger partial charge < -0.3 is 10.2 Å². The first-order valence-electron chi connectivity index (χ1n) is 10.2. The molecule has 1 N–H and O–H groups in total. The molecule has 4 rings (SSSR count). The van der Waals surface area contributed by atoms with E-state index in [2.05, 4.69) is 21.2 Å². The van der Waals surface area contributed by atoms with Crippen molar-refractivity contribution in [1.29, 1.82) is 0 Å². The first-order valence-corrected chi connectivity index (χ1v) is 12.8. The predicted octanol–water partition coefficient (Wildman–Crippen LogP) is 5.14. The van der Waals surface area contributed by atoms with Crippen LogP contribution in [0, 0.1) is 11.6 Å². The topological polar surface area (TPSA) is 69.7 Å². The third-order valence-electron chi connectivity index (χ3n) is 5.41. The Hall–Kier alpha value is -2.53. The molecule has 3 aromatic rings. The molecule has 1 aliphatic rings. The molecule has 1 aliphatic heterocycles. The number of benzene rings is 3. The number of sulfonamides is 1. The first kappa shape index (κ1) is 24.6. The molecule has 3 aromatic carbocycles. The molecule has 1 fully saturated rings. The number of carbonyl (C=O) groups is 1. The lowest BCUT2D eigenvalue weighted by Gasteiger charge is -2.35. The van der Waals surface area contributed by atoms with E-state index in [-0.39, 0.29) is 23.7 Å². The van der Waals surface area contributed by atoms with Crippen LogP contribution in [0.1, 0.15) is 10.4 Å². The number of rotatable bonds is 5. The third-order valence-corrected chi connectivity index (χ3v) is 8.03. The highest BCUT2D eigenvalue weighted by Crippen LogP contribution is 2.25. The second-order valence-corrected chi connectivity index (χ2v) is 10.9. The molecule has 178 valence electrons. The van der Waals surface area contributed by atoms with Crippen LogP contribution in [-0.4, -0.2) is 44.8 Å². The average Bonchev–Trinajstić information content (AvgIpc) is 2.81. The summed E-state index contributed by atoms with van der Waals surface area (Å²) in [5, 5.41) is 2.87. The van der Waals surface area contributed by atoms with E-state index < -0.39 is 33.1 Å². The Morgan fingerprint density at radius 2 is 1.68 bits per heavy atom. The van der Waals surface area contributed by atoms with Gasteiger partial charge in [-0.05, 0) is 54.6 Å². The Morgan fingerprint density at radius 1 is 0.941 bits per heavy atom. The molecule has 1 saturated heterocycles. The van der Waals surface area contributed by atoms with Crippen LogP contribution in [0.3, 0.4) is 0 Å². The lowest BCUT2D eigenvalue weighted by atomic mass is 10.2. The Morgan fingerprint density at radius 3 is 2.35 bits per heavy atom. The summed E-state index contributed by atoms with van der Waals surface area (Å²) in [6, 6.07) is 14.3. The predicted molar refractivity (Wildman–Crippen MR) is 131 cm³/mol. The van der Waals surface area contributed by atoms with Gasteiger partial charge in [0.2, 0.25) is 10.0 Å². The van der Waals surface area contributed by atoms with Crippen molar-refractivity contribution >= 4 is 54.8 Å². The minimum atomic E-state index is -3.98. The van der Waals surface area contributed by atoms with Crippen molar-refractivity contribution in [2.75, 3.05) is 36.4 Å². The fourth-order valence-corrected chi connectivity index (χ4v) is 5.59. The van der Waals surface area contributed by atoms with Crippen molar-refractivity contribution in [3.63, 3.8) is 0 Å². The normalized spacial score (nSPS) is 14.8. The number of nitrogens with one attached hydrogen (secondary N) is 1. The molecule has 6 nitrogen and oxygen atoms in total. The van der Waals surface area contributed by atoms with Gasteiger partial charge in [0.15, 0.2) is 0 Å². The quantitative estimate of drug-likeness (QED) is 0.461.